The molecule has 0 aromatic heterocycles. The number of rotatable bonds is 0. The van der Waals surface area contributed by atoms with Gasteiger partial charge in [0.1, 0.15) is 6.17 Å². The molecule has 0 unspecified atom stereocenters. The van der Waals surface area contributed by atoms with Gasteiger partial charge in [0.2, 0.25) is 0 Å². The fourth-order valence-electron chi connectivity index (χ4n) is 2.50. The second kappa shape index (κ2) is 2.17. The first kappa shape index (κ1) is 7.50. The molecule has 0 N–H and O–H groups in total. The first-order chi connectivity index (χ1) is 5.12. The van der Waals surface area contributed by atoms with Crippen molar-refractivity contribution in [3.05, 3.63) is 0 Å². The van der Waals surface area contributed by atoms with E-state index in [9.17, 15) is 4.39 Å². The van der Waals surface area contributed by atoms with Crippen LogP contribution in [0.15, 0.2) is 0 Å². The van der Waals surface area contributed by atoms with E-state index in [1.165, 1.54) is 0 Å². The number of nitrogens with zero attached hydrogens (tertiary/aromatic N) is 2. The lowest BCUT2D eigenvalue weighted by Crippen LogP contribution is -2.59. The molecule has 2 fully saturated rings. The van der Waals surface area contributed by atoms with Gasteiger partial charge < -0.3 is 9.80 Å². The van der Waals surface area contributed by atoms with Crippen molar-refractivity contribution in [2.45, 2.75) is 6.17 Å². The van der Waals surface area contributed by atoms with Crippen molar-refractivity contribution < 1.29 is 4.39 Å². The average molecular weight is 158 g/mol. The second-order valence-corrected chi connectivity index (χ2v) is 4.20. The lowest BCUT2D eigenvalue weighted by atomic mass is 9.78. The Morgan fingerprint density at radius 3 is 2.09 bits per heavy atom. The molecule has 2 aliphatic heterocycles. The Labute approximate surface area is 67.0 Å². The van der Waals surface area contributed by atoms with Crippen molar-refractivity contribution >= 4 is 0 Å². The Balaban J connectivity index is 2.04. The molecule has 0 aromatic carbocycles. The molecule has 0 radical (unpaired) electrons. The van der Waals surface area contributed by atoms with Crippen LogP contribution in [-0.4, -0.2) is 56.2 Å². The van der Waals surface area contributed by atoms with Crippen LogP contribution in [0, 0.1) is 5.41 Å². The third-order valence-electron chi connectivity index (χ3n) is 2.89. The number of halogens is 1. The molecule has 0 aliphatic carbocycles. The van der Waals surface area contributed by atoms with E-state index in [4.69, 9.17) is 0 Å². The first-order valence-electron chi connectivity index (χ1n) is 4.14. The van der Waals surface area contributed by atoms with Crippen molar-refractivity contribution in [3.63, 3.8) is 0 Å². The predicted octanol–water partition coefficient (Wildman–Crippen LogP) is 0.202. The van der Waals surface area contributed by atoms with Gasteiger partial charge >= 0.3 is 0 Å². The molecule has 0 aromatic rings. The van der Waals surface area contributed by atoms with Gasteiger partial charge in [0.15, 0.2) is 0 Å². The molecule has 2 nitrogen and oxygen atoms in total. The normalized spacial score (nSPS) is 37.9. The Morgan fingerprint density at radius 1 is 1.18 bits per heavy atom. The first-order valence-corrected chi connectivity index (χ1v) is 4.14. The van der Waals surface area contributed by atoms with Crippen LogP contribution in [0.4, 0.5) is 4.39 Å². The third kappa shape index (κ3) is 0.983. The van der Waals surface area contributed by atoms with E-state index in [0.717, 1.165) is 19.6 Å². The van der Waals surface area contributed by atoms with Gasteiger partial charge in [-0.25, -0.2) is 4.39 Å². The summed E-state index contributed by atoms with van der Waals surface area (Å²) in [6.45, 7) is 3.46. The molecule has 0 bridgehead atoms. The molecule has 2 saturated heterocycles. The Hall–Kier alpha value is -0.150. The van der Waals surface area contributed by atoms with Crippen LogP contribution in [0.2, 0.25) is 0 Å². The van der Waals surface area contributed by atoms with Crippen LogP contribution in [-0.2, 0) is 0 Å². The van der Waals surface area contributed by atoms with Crippen LogP contribution < -0.4 is 0 Å². The molecule has 2 heterocycles. The summed E-state index contributed by atoms with van der Waals surface area (Å²) in [5.74, 6) is 0. The smallest absolute Gasteiger partial charge is 0.122 e. The maximum absolute atomic E-state index is 13.4. The summed E-state index contributed by atoms with van der Waals surface area (Å²) in [5.41, 5.74) is 0.00347. The van der Waals surface area contributed by atoms with E-state index in [-0.39, 0.29) is 5.41 Å². The van der Waals surface area contributed by atoms with Crippen molar-refractivity contribution in [3.8, 4) is 0 Å². The number of hydrogen-bond donors (Lipinski definition) is 0. The third-order valence-corrected chi connectivity index (χ3v) is 2.89. The van der Waals surface area contributed by atoms with Crippen LogP contribution in [0.1, 0.15) is 0 Å². The predicted molar refractivity (Wildman–Crippen MR) is 42.3 cm³/mol. The number of likely N-dealkylation sites (tertiary alicyclic amines) is 2. The fourth-order valence-corrected chi connectivity index (χ4v) is 2.50. The van der Waals surface area contributed by atoms with Gasteiger partial charge in [0.05, 0.1) is 0 Å². The van der Waals surface area contributed by atoms with Gasteiger partial charge in [-0.15, -0.1) is 0 Å². The Bertz CT molecular complexity index is 165. The zero-order valence-electron chi connectivity index (χ0n) is 7.18. The van der Waals surface area contributed by atoms with Crippen molar-refractivity contribution in [2.75, 3.05) is 40.3 Å². The molecular weight excluding hydrogens is 143 g/mol. The van der Waals surface area contributed by atoms with Crippen LogP contribution in [0.25, 0.3) is 0 Å². The highest BCUT2D eigenvalue weighted by molar-refractivity contribution is 5.05. The molecule has 11 heavy (non-hydrogen) atoms. The number of alkyl halides is 1. The highest BCUT2D eigenvalue weighted by atomic mass is 19.1. The molecule has 64 valence electrons. The van der Waals surface area contributed by atoms with Crippen molar-refractivity contribution in [2.24, 2.45) is 5.41 Å². The van der Waals surface area contributed by atoms with E-state index in [1.807, 2.05) is 7.05 Å². The monoisotopic (exact) mass is 158 g/mol. The topological polar surface area (TPSA) is 6.48 Å². The van der Waals surface area contributed by atoms with Crippen LogP contribution in [0.5, 0.6) is 0 Å². The summed E-state index contributed by atoms with van der Waals surface area (Å²) in [6, 6.07) is 0. The van der Waals surface area contributed by atoms with Gasteiger partial charge in [-0.1, -0.05) is 0 Å². The van der Waals surface area contributed by atoms with E-state index >= 15 is 0 Å². The lowest BCUT2D eigenvalue weighted by Gasteiger charge is -2.47. The summed E-state index contributed by atoms with van der Waals surface area (Å²) < 4.78 is 13.4. The SMILES string of the molecule is CN1C[C@@H](F)C2(C1)CN(C)C2. The molecule has 2 rings (SSSR count). The van der Waals surface area contributed by atoms with Gasteiger partial charge in [-0.3, -0.25) is 0 Å². The highest BCUT2D eigenvalue weighted by Crippen LogP contribution is 2.39. The quantitative estimate of drug-likeness (QED) is 0.497. The van der Waals surface area contributed by atoms with E-state index < -0.39 is 6.17 Å². The molecule has 0 saturated carbocycles. The molecule has 2 aliphatic rings. The zero-order chi connectivity index (χ0) is 8.06. The summed E-state index contributed by atoms with van der Waals surface area (Å²) in [5, 5.41) is 0. The Kier molecular flexibility index (Phi) is 1.48. The molecule has 1 atom stereocenters. The Morgan fingerprint density at radius 2 is 1.73 bits per heavy atom. The number of hydrogen-bond acceptors (Lipinski definition) is 2. The van der Waals surface area contributed by atoms with Gasteiger partial charge in [-0.05, 0) is 14.1 Å². The lowest BCUT2D eigenvalue weighted by molar-refractivity contribution is -0.0146. The summed E-state index contributed by atoms with van der Waals surface area (Å²) in [7, 11) is 4.05. The average Bonchev–Trinajstić information content (AvgIpc) is 2.06. The van der Waals surface area contributed by atoms with Crippen molar-refractivity contribution in [1.82, 2.24) is 9.80 Å². The van der Waals surface area contributed by atoms with Gasteiger partial charge in [-0.2, -0.15) is 0 Å². The van der Waals surface area contributed by atoms with E-state index in [1.54, 1.807) is 0 Å². The molecular formula is C8H15FN2. The molecule has 3 heteroatoms. The minimum Gasteiger partial charge on any atom is -0.305 e. The summed E-state index contributed by atoms with van der Waals surface area (Å²) >= 11 is 0. The zero-order valence-corrected chi connectivity index (χ0v) is 7.18. The second-order valence-electron chi connectivity index (χ2n) is 4.20. The fraction of sp³-hybridized carbons (Fsp3) is 1.00. The highest BCUT2D eigenvalue weighted by Gasteiger charge is 2.52. The summed E-state index contributed by atoms with van der Waals surface area (Å²) in [4.78, 5) is 4.28. The van der Waals surface area contributed by atoms with Gasteiger partial charge in [0.25, 0.3) is 0 Å². The molecule has 0 amide bonds. The largest absolute Gasteiger partial charge is 0.305 e. The van der Waals surface area contributed by atoms with E-state index in [0.29, 0.717) is 6.54 Å². The maximum Gasteiger partial charge on any atom is 0.122 e. The minimum absolute atomic E-state index is 0.00347. The van der Waals surface area contributed by atoms with Crippen LogP contribution >= 0.6 is 0 Å². The van der Waals surface area contributed by atoms with E-state index in [2.05, 4.69) is 16.8 Å². The van der Waals surface area contributed by atoms with Gasteiger partial charge in [0, 0.05) is 31.6 Å². The van der Waals surface area contributed by atoms with Crippen molar-refractivity contribution in [1.29, 1.82) is 0 Å². The van der Waals surface area contributed by atoms with Crippen LogP contribution in [0.3, 0.4) is 0 Å². The maximum atomic E-state index is 13.4. The molecule has 1 spiro atoms. The summed E-state index contributed by atoms with van der Waals surface area (Å²) in [6.07, 6.45) is -0.594. The minimum atomic E-state index is -0.594. The standard InChI is InChI=1S/C8H15FN2/c1-10-3-7(9)8(4-10)5-11(2)6-8/h7H,3-6H2,1-2H3/t7-/m1/s1.